The molecule has 0 aromatic carbocycles. The zero-order valence-electron chi connectivity index (χ0n) is 15.1. The van der Waals surface area contributed by atoms with Crippen molar-refractivity contribution in [2.75, 3.05) is 20.1 Å². The average molecular weight is 335 g/mol. The number of hydrogen-bond acceptors (Lipinski definition) is 4. The molecule has 1 amide bonds. The fourth-order valence-electron chi connectivity index (χ4n) is 2.15. The van der Waals surface area contributed by atoms with Crippen molar-refractivity contribution in [2.45, 2.75) is 39.8 Å². The normalized spacial score (nSPS) is 11.7. The molecule has 0 saturated carbocycles. The van der Waals surface area contributed by atoms with Crippen molar-refractivity contribution in [1.82, 2.24) is 14.8 Å². The standard InChI is InChI=1S/C17H27N3O.CH2O2/c1-5-7-11-20(15(3)6-2)17(21)14-19(4)13-16-9-8-10-18-12-16;2-1-3/h5,7-10,12,15H,6,11,13-14H2,1-4H3;1H,(H,2,3). The first kappa shape index (κ1) is 21.8. The Hall–Kier alpha value is -2.21. The first-order chi connectivity index (χ1) is 11.5. The van der Waals surface area contributed by atoms with Gasteiger partial charge in [-0.05, 0) is 38.9 Å². The maximum Gasteiger partial charge on any atom is 0.290 e. The molecule has 1 aromatic rings. The van der Waals surface area contributed by atoms with Gasteiger partial charge in [-0.2, -0.15) is 0 Å². The molecule has 6 heteroatoms. The van der Waals surface area contributed by atoms with Gasteiger partial charge < -0.3 is 10.0 Å². The van der Waals surface area contributed by atoms with E-state index in [4.69, 9.17) is 9.90 Å². The molecule has 24 heavy (non-hydrogen) atoms. The summed E-state index contributed by atoms with van der Waals surface area (Å²) >= 11 is 0. The molecular formula is C18H29N3O3. The lowest BCUT2D eigenvalue weighted by molar-refractivity contribution is -0.133. The molecule has 134 valence electrons. The molecule has 1 aromatic heterocycles. The fraction of sp³-hybridized carbons (Fsp3) is 0.500. The van der Waals surface area contributed by atoms with Gasteiger partial charge in [0, 0.05) is 31.5 Å². The third-order valence-corrected chi connectivity index (χ3v) is 3.56. The van der Waals surface area contributed by atoms with Gasteiger partial charge in [-0.15, -0.1) is 0 Å². The third kappa shape index (κ3) is 9.05. The second-order valence-electron chi connectivity index (χ2n) is 5.51. The van der Waals surface area contributed by atoms with Crippen molar-refractivity contribution in [3.05, 3.63) is 42.2 Å². The summed E-state index contributed by atoms with van der Waals surface area (Å²) in [7, 11) is 1.97. The monoisotopic (exact) mass is 335 g/mol. The van der Waals surface area contributed by atoms with Gasteiger partial charge in [0.25, 0.3) is 6.47 Å². The Morgan fingerprint density at radius 1 is 1.46 bits per heavy atom. The van der Waals surface area contributed by atoms with Crippen molar-refractivity contribution in [1.29, 1.82) is 0 Å². The number of rotatable bonds is 8. The number of hydrogen-bond donors (Lipinski definition) is 1. The predicted molar refractivity (Wildman–Crippen MR) is 95.5 cm³/mol. The van der Waals surface area contributed by atoms with Crippen LogP contribution in [0.3, 0.4) is 0 Å². The van der Waals surface area contributed by atoms with E-state index in [-0.39, 0.29) is 18.4 Å². The van der Waals surface area contributed by atoms with E-state index in [2.05, 4.69) is 18.8 Å². The summed E-state index contributed by atoms with van der Waals surface area (Å²) in [4.78, 5) is 28.9. The van der Waals surface area contributed by atoms with Crippen molar-refractivity contribution in [3.63, 3.8) is 0 Å². The molecule has 0 spiro atoms. The number of carboxylic acid groups (broad SMARTS) is 1. The second kappa shape index (κ2) is 13.2. The Labute approximate surface area is 144 Å². The van der Waals surface area contributed by atoms with Gasteiger partial charge in [-0.25, -0.2) is 0 Å². The lowest BCUT2D eigenvalue weighted by Gasteiger charge is -2.29. The number of pyridine rings is 1. The molecule has 1 atom stereocenters. The maximum atomic E-state index is 12.5. The average Bonchev–Trinajstić information content (AvgIpc) is 2.56. The molecule has 0 saturated heterocycles. The summed E-state index contributed by atoms with van der Waals surface area (Å²) in [6.45, 7) is 7.79. The number of carbonyl (C=O) groups is 2. The van der Waals surface area contributed by atoms with E-state index in [1.54, 1.807) is 6.20 Å². The van der Waals surface area contributed by atoms with Gasteiger partial charge in [0.15, 0.2) is 0 Å². The highest BCUT2D eigenvalue weighted by molar-refractivity contribution is 5.78. The summed E-state index contributed by atoms with van der Waals surface area (Å²) in [5.74, 6) is 0.175. The number of likely N-dealkylation sites (N-methyl/N-ethyl adjacent to an activating group) is 1. The van der Waals surface area contributed by atoms with Crippen LogP contribution < -0.4 is 0 Å². The molecule has 0 fully saturated rings. The minimum atomic E-state index is -0.250. The minimum Gasteiger partial charge on any atom is -0.483 e. The van der Waals surface area contributed by atoms with Crippen LogP contribution in [-0.4, -0.2) is 58.4 Å². The molecule has 0 aliphatic carbocycles. The van der Waals surface area contributed by atoms with Crippen LogP contribution in [0.4, 0.5) is 0 Å². The van der Waals surface area contributed by atoms with Crippen LogP contribution in [0.5, 0.6) is 0 Å². The topological polar surface area (TPSA) is 73.7 Å². The molecule has 0 radical (unpaired) electrons. The van der Waals surface area contributed by atoms with Crippen LogP contribution in [0.2, 0.25) is 0 Å². The van der Waals surface area contributed by atoms with E-state index < -0.39 is 0 Å². The Bertz CT molecular complexity index is 492. The molecule has 0 bridgehead atoms. The number of amides is 1. The smallest absolute Gasteiger partial charge is 0.290 e. The van der Waals surface area contributed by atoms with Crippen LogP contribution in [0.15, 0.2) is 36.7 Å². The fourth-order valence-corrected chi connectivity index (χ4v) is 2.15. The summed E-state index contributed by atoms with van der Waals surface area (Å²) in [5.41, 5.74) is 1.12. The molecule has 0 aliphatic heterocycles. The van der Waals surface area contributed by atoms with Crippen molar-refractivity contribution < 1.29 is 14.7 Å². The molecular weight excluding hydrogens is 306 g/mol. The Morgan fingerprint density at radius 2 is 2.12 bits per heavy atom. The predicted octanol–water partition coefficient (Wildman–Crippen LogP) is 2.42. The van der Waals surface area contributed by atoms with Crippen molar-refractivity contribution in [3.8, 4) is 0 Å². The van der Waals surface area contributed by atoms with E-state index in [0.717, 1.165) is 18.5 Å². The number of allylic oxidation sites excluding steroid dienone is 1. The highest BCUT2D eigenvalue weighted by Gasteiger charge is 2.18. The molecule has 1 heterocycles. The number of aromatic nitrogens is 1. The lowest BCUT2D eigenvalue weighted by atomic mass is 10.2. The summed E-state index contributed by atoms with van der Waals surface area (Å²) in [5, 5.41) is 6.89. The van der Waals surface area contributed by atoms with E-state index in [1.165, 1.54) is 0 Å². The minimum absolute atomic E-state index is 0.175. The molecule has 1 unspecified atom stereocenters. The second-order valence-corrected chi connectivity index (χ2v) is 5.51. The van der Waals surface area contributed by atoms with E-state index >= 15 is 0 Å². The van der Waals surface area contributed by atoms with Crippen LogP contribution in [0, 0.1) is 0 Å². The Balaban J connectivity index is 0.00000163. The first-order valence-electron chi connectivity index (χ1n) is 8.05. The SMILES string of the molecule is CC=CCN(C(=O)CN(C)Cc1cccnc1)C(C)CC.O=CO. The summed E-state index contributed by atoms with van der Waals surface area (Å²) < 4.78 is 0. The Kier molecular flexibility index (Phi) is 12.0. The molecule has 0 aliphatic rings. The zero-order valence-corrected chi connectivity index (χ0v) is 15.1. The van der Waals surface area contributed by atoms with E-state index in [9.17, 15) is 4.79 Å². The van der Waals surface area contributed by atoms with Gasteiger partial charge in [0.2, 0.25) is 5.91 Å². The third-order valence-electron chi connectivity index (χ3n) is 3.56. The molecule has 6 nitrogen and oxygen atoms in total. The number of carbonyl (C=O) groups excluding carboxylic acids is 1. The van der Waals surface area contributed by atoms with Crippen molar-refractivity contribution in [2.24, 2.45) is 0 Å². The van der Waals surface area contributed by atoms with Gasteiger partial charge >= 0.3 is 0 Å². The summed E-state index contributed by atoms with van der Waals surface area (Å²) in [6, 6.07) is 4.21. The maximum absolute atomic E-state index is 12.5. The van der Waals surface area contributed by atoms with Crippen LogP contribution in [0.1, 0.15) is 32.8 Å². The summed E-state index contributed by atoms with van der Waals surface area (Å²) in [6.07, 6.45) is 8.59. The molecule has 1 N–H and O–H groups in total. The molecule has 1 rings (SSSR count). The first-order valence-corrected chi connectivity index (χ1v) is 8.05. The highest BCUT2D eigenvalue weighted by atomic mass is 16.3. The quantitative estimate of drug-likeness (QED) is 0.583. The highest BCUT2D eigenvalue weighted by Crippen LogP contribution is 2.07. The van der Waals surface area contributed by atoms with E-state index in [1.807, 2.05) is 54.3 Å². The van der Waals surface area contributed by atoms with Gasteiger partial charge in [0.05, 0.1) is 6.54 Å². The number of nitrogens with zero attached hydrogens (tertiary/aromatic N) is 3. The van der Waals surface area contributed by atoms with Crippen molar-refractivity contribution >= 4 is 12.4 Å². The largest absolute Gasteiger partial charge is 0.483 e. The van der Waals surface area contributed by atoms with Crippen LogP contribution in [-0.2, 0) is 16.1 Å². The van der Waals surface area contributed by atoms with Crippen LogP contribution in [0.25, 0.3) is 0 Å². The van der Waals surface area contributed by atoms with E-state index in [0.29, 0.717) is 13.1 Å². The van der Waals surface area contributed by atoms with Crippen LogP contribution >= 0.6 is 0 Å². The Morgan fingerprint density at radius 3 is 2.62 bits per heavy atom. The zero-order chi connectivity index (χ0) is 18.4. The van der Waals surface area contributed by atoms with Gasteiger partial charge in [0.1, 0.15) is 0 Å². The lowest BCUT2D eigenvalue weighted by Crippen LogP contribution is -2.43. The van der Waals surface area contributed by atoms with Gasteiger partial charge in [-0.1, -0.05) is 25.1 Å². The van der Waals surface area contributed by atoms with Gasteiger partial charge in [-0.3, -0.25) is 19.5 Å².